The van der Waals surface area contributed by atoms with Crippen molar-refractivity contribution in [3.63, 3.8) is 0 Å². The van der Waals surface area contributed by atoms with Crippen molar-refractivity contribution in [3.8, 4) is 18.1 Å². The molecule has 0 aliphatic rings. The van der Waals surface area contributed by atoms with Crippen molar-refractivity contribution in [2.45, 2.75) is 40.0 Å². The van der Waals surface area contributed by atoms with E-state index < -0.39 is 0 Å². The molecule has 0 spiro atoms. The molecule has 1 nitrogen and oxygen atoms in total. The summed E-state index contributed by atoms with van der Waals surface area (Å²) < 4.78 is 5.69. The molecule has 0 amide bonds. The van der Waals surface area contributed by atoms with Crippen molar-refractivity contribution in [2.24, 2.45) is 0 Å². The lowest BCUT2D eigenvalue weighted by molar-refractivity contribution is 0.334. The van der Waals surface area contributed by atoms with Crippen molar-refractivity contribution in [2.75, 3.05) is 6.61 Å². The Balaban J connectivity index is 3.33. The normalized spacial score (nSPS) is 12.0. The summed E-state index contributed by atoms with van der Waals surface area (Å²) in [5.74, 6) is 3.87. The molecule has 17 heavy (non-hydrogen) atoms. The fourth-order valence-corrected chi connectivity index (χ4v) is 2.26. The fraction of sp³-hybridized carbons (Fsp3) is 0.467. The Hall–Kier alpha value is -1.13. The summed E-state index contributed by atoms with van der Waals surface area (Å²) in [5, 5.41) is 0.812. The van der Waals surface area contributed by atoms with Crippen LogP contribution in [-0.2, 0) is 0 Å². The van der Waals surface area contributed by atoms with Gasteiger partial charge in [-0.25, -0.2) is 0 Å². The average Bonchev–Trinajstić information content (AvgIpc) is 2.27. The average molecular weight is 251 g/mol. The third-order valence-corrected chi connectivity index (χ3v) is 3.49. The molecule has 0 saturated carbocycles. The SMILES string of the molecule is C#CCC(C)c1c(OCC)cc(C)c(Cl)c1C. The highest BCUT2D eigenvalue weighted by molar-refractivity contribution is 6.32. The monoisotopic (exact) mass is 250 g/mol. The van der Waals surface area contributed by atoms with Gasteiger partial charge >= 0.3 is 0 Å². The summed E-state index contributed by atoms with van der Waals surface area (Å²) >= 11 is 6.29. The maximum absolute atomic E-state index is 6.29. The van der Waals surface area contributed by atoms with Gasteiger partial charge in [0.25, 0.3) is 0 Å². The topological polar surface area (TPSA) is 9.23 Å². The van der Waals surface area contributed by atoms with Crippen LogP contribution in [0, 0.1) is 26.2 Å². The second-order valence-corrected chi connectivity index (χ2v) is 4.66. The number of halogens is 1. The van der Waals surface area contributed by atoms with Crippen LogP contribution in [0.4, 0.5) is 0 Å². The smallest absolute Gasteiger partial charge is 0.123 e. The largest absolute Gasteiger partial charge is 0.494 e. The molecule has 1 aromatic carbocycles. The summed E-state index contributed by atoms with van der Waals surface area (Å²) in [6.07, 6.45) is 6.08. The summed E-state index contributed by atoms with van der Waals surface area (Å²) in [6, 6.07) is 2.00. The first kappa shape index (κ1) is 13.9. The molecular formula is C15H19ClO. The summed E-state index contributed by atoms with van der Waals surface area (Å²) in [4.78, 5) is 0. The fourth-order valence-electron chi connectivity index (χ4n) is 2.10. The Bertz CT molecular complexity index is 443. The van der Waals surface area contributed by atoms with Crippen LogP contribution >= 0.6 is 11.6 Å². The Morgan fingerprint density at radius 2 is 2.12 bits per heavy atom. The highest BCUT2D eigenvalue weighted by Gasteiger charge is 2.17. The van der Waals surface area contributed by atoms with E-state index in [1.54, 1.807) is 0 Å². The van der Waals surface area contributed by atoms with E-state index in [1.807, 2.05) is 26.8 Å². The number of hydrogen-bond acceptors (Lipinski definition) is 1. The Morgan fingerprint density at radius 1 is 1.47 bits per heavy atom. The second kappa shape index (κ2) is 5.98. The number of benzene rings is 1. The molecule has 1 rings (SSSR count). The zero-order chi connectivity index (χ0) is 13.0. The molecule has 0 saturated heterocycles. The van der Waals surface area contributed by atoms with Gasteiger partial charge in [-0.05, 0) is 43.9 Å². The second-order valence-electron chi connectivity index (χ2n) is 4.29. The van der Waals surface area contributed by atoms with Crippen molar-refractivity contribution < 1.29 is 4.74 Å². The van der Waals surface area contributed by atoms with E-state index in [4.69, 9.17) is 22.8 Å². The first-order valence-electron chi connectivity index (χ1n) is 5.88. The molecule has 1 atom stereocenters. The van der Waals surface area contributed by atoms with E-state index in [1.165, 1.54) is 0 Å². The predicted octanol–water partition coefficient (Wildman–Crippen LogP) is 4.48. The quantitative estimate of drug-likeness (QED) is 0.716. The Labute approximate surface area is 109 Å². The minimum Gasteiger partial charge on any atom is -0.494 e. The van der Waals surface area contributed by atoms with Gasteiger partial charge in [0, 0.05) is 17.0 Å². The van der Waals surface area contributed by atoms with Crippen LogP contribution in [-0.4, -0.2) is 6.61 Å². The third kappa shape index (κ3) is 2.96. The van der Waals surface area contributed by atoms with Crippen LogP contribution in [0.2, 0.25) is 5.02 Å². The Morgan fingerprint density at radius 3 is 2.65 bits per heavy atom. The lowest BCUT2D eigenvalue weighted by Gasteiger charge is -2.20. The highest BCUT2D eigenvalue weighted by atomic mass is 35.5. The van der Waals surface area contributed by atoms with Crippen LogP contribution in [0.1, 0.15) is 42.9 Å². The Kier molecular flexibility index (Phi) is 4.90. The molecule has 0 N–H and O–H groups in total. The number of aryl methyl sites for hydroxylation is 1. The van der Waals surface area contributed by atoms with Crippen LogP contribution in [0.5, 0.6) is 5.75 Å². The molecule has 0 radical (unpaired) electrons. The van der Waals surface area contributed by atoms with Crippen LogP contribution in [0.25, 0.3) is 0 Å². The van der Waals surface area contributed by atoms with E-state index in [0.29, 0.717) is 13.0 Å². The molecular weight excluding hydrogens is 232 g/mol. The van der Waals surface area contributed by atoms with Gasteiger partial charge in [-0.2, -0.15) is 0 Å². The zero-order valence-corrected chi connectivity index (χ0v) is 11.7. The van der Waals surface area contributed by atoms with Crippen molar-refractivity contribution in [1.29, 1.82) is 0 Å². The van der Waals surface area contributed by atoms with Gasteiger partial charge in [0.1, 0.15) is 5.75 Å². The number of rotatable bonds is 4. The summed E-state index contributed by atoms with van der Waals surface area (Å²) in [7, 11) is 0. The maximum atomic E-state index is 6.29. The van der Waals surface area contributed by atoms with Gasteiger partial charge in [-0.1, -0.05) is 18.5 Å². The molecule has 0 bridgehead atoms. The van der Waals surface area contributed by atoms with E-state index >= 15 is 0 Å². The molecule has 0 aromatic heterocycles. The molecule has 92 valence electrons. The van der Waals surface area contributed by atoms with Gasteiger partial charge in [0.15, 0.2) is 0 Å². The minimum absolute atomic E-state index is 0.264. The van der Waals surface area contributed by atoms with Gasteiger partial charge in [-0.15, -0.1) is 12.3 Å². The minimum atomic E-state index is 0.264. The van der Waals surface area contributed by atoms with Crippen molar-refractivity contribution in [1.82, 2.24) is 0 Å². The van der Waals surface area contributed by atoms with Crippen LogP contribution in [0.3, 0.4) is 0 Å². The number of terminal acetylenes is 1. The van der Waals surface area contributed by atoms with Gasteiger partial charge < -0.3 is 4.74 Å². The van der Waals surface area contributed by atoms with E-state index in [0.717, 1.165) is 27.5 Å². The molecule has 1 aromatic rings. The lowest BCUT2D eigenvalue weighted by Crippen LogP contribution is -2.04. The number of hydrogen-bond donors (Lipinski definition) is 0. The highest BCUT2D eigenvalue weighted by Crippen LogP contribution is 2.37. The zero-order valence-electron chi connectivity index (χ0n) is 10.9. The van der Waals surface area contributed by atoms with Gasteiger partial charge in [0.2, 0.25) is 0 Å². The van der Waals surface area contributed by atoms with E-state index in [2.05, 4.69) is 12.8 Å². The standard InChI is InChI=1S/C15H19ClO/c1-6-8-10(3)14-12(5)15(16)11(4)9-13(14)17-7-2/h1,9-10H,7-8H2,2-5H3. The summed E-state index contributed by atoms with van der Waals surface area (Å²) in [5.41, 5.74) is 3.27. The third-order valence-electron chi connectivity index (χ3n) is 2.91. The van der Waals surface area contributed by atoms with Crippen LogP contribution in [0.15, 0.2) is 6.07 Å². The van der Waals surface area contributed by atoms with Crippen molar-refractivity contribution in [3.05, 3.63) is 27.8 Å². The molecule has 0 heterocycles. The summed E-state index contributed by atoms with van der Waals surface area (Å²) in [6.45, 7) is 8.76. The first-order valence-corrected chi connectivity index (χ1v) is 6.26. The molecule has 0 aliphatic carbocycles. The lowest BCUT2D eigenvalue weighted by atomic mass is 9.91. The molecule has 0 aliphatic heterocycles. The van der Waals surface area contributed by atoms with Crippen LogP contribution < -0.4 is 4.74 Å². The molecule has 2 heteroatoms. The molecule has 0 fully saturated rings. The maximum Gasteiger partial charge on any atom is 0.123 e. The van der Waals surface area contributed by atoms with Gasteiger partial charge in [0.05, 0.1) is 6.61 Å². The van der Waals surface area contributed by atoms with Gasteiger partial charge in [-0.3, -0.25) is 0 Å². The predicted molar refractivity (Wildman–Crippen MR) is 74.0 cm³/mol. The molecule has 1 unspecified atom stereocenters. The first-order chi connectivity index (χ1) is 8.02. The van der Waals surface area contributed by atoms with E-state index in [-0.39, 0.29) is 5.92 Å². The van der Waals surface area contributed by atoms with E-state index in [9.17, 15) is 0 Å². The number of ether oxygens (including phenoxy) is 1. The van der Waals surface area contributed by atoms with Crippen molar-refractivity contribution >= 4 is 11.6 Å².